The minimum Gasteiger partial charge on any atom is -0.458 e. The molecule has 0 amide bonds. The zero-order valence-electron chi connectivity index (χ0n) is 10.8. The van der Waals surface area contributed by atoms with Crippen molar-refractivity contribution in [3.05, 3.63) is 0 Å². The van der Waals surface area contributed by atoms with Crippen LogP contribution >= 0.6 is 11.8 Å². The lowest BCUT2D eigenvalue weighted by atomic mass is 10.1. The van der Waals surface area contributed by atoms with E-state index in [1.165, 1.54) is 56.7 Å². The van der Waals surface area contributed by atoms with E-state index in [1.807, 2.05) is 6.92 Å². The molecule has 0 aromatic rings. The van der Waals surface area contributed by atoms with Crippen molar-refractivity contribution >= 4 is 17.1 Å². The number of carbonyl (C=O) groups excluding carboxylic acids is 1. The molecule has 0 aliphatic rings. The number of hydrogen-bond acceptors (Lipinski definition) is 3. The van der Waals surface area contributed by atoms with Crippen molar-refractivity contribution in [2.45, 2.75) is 65.2 Å². The fourth-order valence-corrected chi connectivity index (χ4v) is 1.95. The zero-order valence-corrected chi connectivity index (χ0v) is 11.6. The van der Waals surface area contributed by atoms with Crippen LogP contribution < -0.4 is 0 Å². The van der Waals surface area contributed by atoms with Gasteiger partial charge in [-0.1, -0.05) is 58.8 Å². The van der Waals surface area contributed by atoms with E-state index in [0.717, 1.165) is 12.2 Å². The highest BCUT2D eigenvalue weighted by molar-refractivity contribution is 8.13. The first kappa shape index (κ1) is 15.8. The Kier molecular flexibility index (Phi) is 12.7. The molecule has 0 aromatic heterocycles. The number of thioether (sulfide) groups is 1. The first-order valence-electron chi connectivity index (χ1n) is 6.60. The highest BCUT2D eigenvalue weighted by Gasteiger charge is 2.00. The molecule has 0 unspecified atom stereocenters. The monoisotopic (exact) mass is 246 g/mol. The number of ether oxygens (including phenoxy) is 1. The lowest BCUT2D eigenvalue weighted by molar-refractivity contribution is 0.172. The van der Waals surface area contributed by atoms with Gasteiger partial charge in [-0.3, -0.25) is 0 Å². The van der Waals surface area contributed by atoms with E-state index in [0.29, 0.717) is 6.61 Å². The van der Waals surface area contributed by atoms with Crippen LogP contribution in [0.25, 0.3) is 0 Å². The summed E-state index contributed by atoms with van der Waals surface area (Å²) >= 11 is 1.25. The average Bonchev–Trinajstić information content (AvgIpc) is 2.27. The van der Waals surface area contributed by atoms with Crippen LogP contribution in [-0.4, -0.2) is 17.7 Å². The van der Waals surface area contributed by atoms with Crippen molar-refractivity contribution in [3.63, 3.8) is 0 Å². The maximum Gasteiger partial charge on any atom is 0.367 e. The summed E-state index contributed by atoms with van der Waals surface area (Å²) in [6.07, 6.45) is 10.2. The SMILES string of the molecule is CCCCCCCCCCOC(=O)SCC. The maximum atomic E-state index is 11.0. The third-order valence-electron chi connectivity index (χ3n) is 2.48. The fraction of sp³-hybridized carbons (Fsp3) is 0.923. The molecule has 0 bridgehead atoms. The van der Waals surface area contributed by atoms with E-state index < -0.39 is 0 Å². The molecule has 0 N–H and O–H groups in total. The zero-order chi connectivity index (χ0) is 12.1. The first-order chi connectivity index (χ1) is 7.81. The molecular formula is C13H26O2S. The minimum absolute atomic E-state index is 0.120. The molecule has 0 radical (unpaired) electrons. The van der Waals surface area contributed by atoms with Crippen LogP contribution in [0.3, 0.4) is 0 Å². The smallest absolute Gasteiger partial charge is 0.367 e. The molecule has 96 valence electrons. The molecule has 0 atom stereocenters. The molecule has 0 heterocycles. The van der Waals surface area contributed by atoms with E-state index in [2.05, 4.69) is 6.92 Å². The van der Waals surface area contributed by atoms with Gasteiger partial charge in [-0.25, -0.2) is 4.79 Å². The van der Waals surface area contributed by atoms with Gasteiger partial charge < -0.3 is 4.74 Å². The Labute approximate surface area is 105 Å². The maximum absolute atomic E-state index is 11.0. The van der Waals surface area contributed by atoms with Crippen LogP contribution in [0.1, 0.15) is 65.2 Å². The minimum atomic E-state index is -0.120. The van der Waals surface area contributed by atoms with Crippen LogP contribution in [-0.2, 0) is 4.74 Å². The van der Waals surface area contributed by atoms with E-state index in [9.17, 15) is 4.79 Å². The summed E-state index contributed by atoms with van der Waals surface area (Å²) < 4.78 is 5.05. The second kappa shape index (κ2) is 12.9. The van der Waals surface area contributed by atoms with Gasteiger partial charge in [0.25, 0.3) is 0 Å². The first-order valence-corrected chi connectivity index (χ1v) is 7.59. The van der Waals surface area contributed by atoms with Gasteiger partial charge in [0.15, 0.2) is 0 Å². The molecule has 0 aromatic carbocycles. The van der Waals surface area contributed by atoms with Gasteiger partial charge >= 0.3 is 5.30 Å². The van der Waals surface area contributed by atoms with E-state index in [1.54, 1.807) is 0 Å². The Morgan fingerprint density at radius 3 is 2.06 bits per heavy atom. The van der Waals surface area contributed by atoms with Crippen LogP contribution in [0.2, 0.25) is 0 Å². The predicted octanol–water partition coefficient (Wildman–Crippen LogP) is 5.02. The van der Waals surface area contributed by atoms with Crippen molar-refractivity contribution in [3.8, 4) is 0 Å². The molecule has 3 heteroatoms. The van der Waals surface area contributed by atoms with E-state index >= 15 is 0 Å². The van der Waals surface area contributed by atoms with E-state index in [4.69, 9.17) is 4.74 Å². The topological polar surface area (TPSA) is 26.3 Å². The molecular weight excluding hydrogens is 220 g/mol. The van der Waals surface area contributed by atoms with Crippen LogP contribution in [0.4, 0.5) is 4.79 Å². The lowest BCUT2D eigenvalue weighted by Crippen LogP contribution is -1.99. The number of unbranched alkanes of at least 4 members (excludes halogenated alkanes) is 7. The summed E-state index contributed by atoms with van der Waals surface area (Å²) in [6, 6.07) is 0. The van der Waals surface area contributed by atoms with Gasteiger partial charge in [-0.2, -0.15) is 0 Å². The van der Waals surface area contributed by atoms with Crippen molar-refractivity contribution in [1.82, 2.24) is 0 Å². The van der Waals surface area contributed by atoms with Crippen molar-refractivity contribution in [2.75, 3.05) is 12.4 Å². The van der Waals surface area contributed by atoms with Gasteiger partial charge in [0.1, 0.15) is 0 Å². The Morgan fingerprint density at radius 2 is 1.50 bits per heavy atom. The highest BCUT2D eigenvalue weighted by Crippen LogP contribution is 2.09. The summed E-state index contributed by atoms with van der Waals surface area (Å²) in [5.74, 6) is 0.802. The second-order valence-electron chi connectivity index (χ2n) is 4.01. The summed E-state index contributed by atoms with van der Waals surface area (Å²) in [7, 11) is 0. The van der Waals surface area contributed by atoms with Crippen molar-refractivity contribution in [1.29, 1.82) is 0 Å². The number of carbonyl (C=O) groups is 1. The number of hydrogen-bond donors (Lipinski definition) is 0. The van der Waals surface area contributed by atoms with Gasteiger partial charge in [0.2, 0.25) is 0 Å². The van der Waals surface area contributed by atoms with Gasteiger partial charge in [-0.05, 0) is 18.2 Å². The quantitative estimate of drug-likeness (QED) is 0.400. The second-order valence-corrected chi connectivity index (χ2v) is 5.21. The predicted molar refractivity (Wildman–Crippen MR) is 72.1 cm³/mol. The molecule has 2 nitrogen and oxygen atoms in total. The summed E-state index contributed by atoms with van der Waals surface area (Å²) in [6.45, 7) is 4.80. The molecule has 0 fully saturated rings. The van der Waals surface area contributed by atoms with Gasteiger partial charge in [0, 0.05) is 5.75 Å². The summed E-state index contributed by atoms with van der Waals surface area (Å²) in [5.41, 5.74) is 0. The summed E-state index contributed by atoms with van der Waals surface area (Å²) in [4.78, 5) is 11.0. The standard InChI is InChI=1S/C13H26O2S/c1-3-5-6-7-8-9-10-11-12-15-13(14)16-4-2/h3-12H2,1-2H3. The Morgan fingerprint density at radius 1 is 0.938 bits per heavy atom. The third kappa shape index (κ3) is 11.9. The molecule has 0 aliphatic carbocycles. The Hall–Kier alpha value is -0.180. The Bertz CT molecular complexity index is 160. The normalized spacial score (nSPS) is 10.4. The molecule has 16 heavy (non-hydrogen) atoms. The number of rotatable bonds is 10. The third-order valence-corrected chi connectivity index (χ3v) is 3.12. The lowest BCUT2D eigenvalue weighted by Gasteiger charge is -2.03. The molecule has 0 aliphatic heterocycles. The largest absolute Gasteiger partial charge is 0.458 e. The van der Waals surface area contributed by atoms with Crippen LogP contribution in [0.5, 0.6) is 0 Å². The van der Waals surface area contributed by atoms with E-state index in [-0.39, 0.29) is 5.30 Å². The van der Waals surface area contributed by atoms with Crippen LogP contribution in [0.15, 0.2) is 0 Å². The van der Waals surface area contributed by atoms with Gasteiger partial charge in [-0.15, -0.1) is 0 Å². The van der Waals surface area contributed by atoms with Gasteiger partial charge in [0.05, 0.1) is 6.61 Å². The van der Waals surface area contributed by atoms with Crippen molar-refractivity contribution < 1.29 is 9.53 Å². The molecule has 0 saturated heterocycles. The molecule has 0 spiro atoms. The van der Waals surface area contributed by atoms with Crippen molar-refractivity contribution in [2.24, 2.45) is 0 Å². The van der Waals surface area contributed by atoms with Crippen LogP contribution in [0, 0.1) is 0 Å². The Balaban J connectivity index is 3.01. The average molecular weight is 246 g/mol. The fourth-order valence-electron chi connectivity index (χ4n) is 1.55. The molecule has 0 rings (SSSR count). The highest BCUT2D eigenvalue weighted by atomic mass is 32.2. The summed E-state index contributed by atoms with van der Waals surface area (Å²) in [5, 5.41) is -0.120. The molecule has 0 saturated carbocycles.